The van der Waals surface area contributed by atoms with Crippen molar-refractivity contribution in [2.24, 2.45) is 0 Å². The van der Waals surface area contributed by atoms with Crippen LogP contribution in [0.3, 0.4) is 0 Å². The largest absolute Gasteiger partial charge is 0.449 e. The van der Waals surface area contributed by atoms with Crippen LogP contribution in [0.15, 0.2) is 0 Å². The number of ether oxygens (including phenoxy) is 1. The highest BCUT2D eigenvalue weighted by atomic mass is 16.5. The zero-order valence-electron chi connectivity index (χ0n) is 5.12. The van der Waals surface area contributed by atoms with Crippen molar-refractivity contribution >= 4 is 6.47 Å². The Labute approximate surface area is 53.6 Å². The van der Waals surface area contributed by atoms with Crippen molar-refractivity contribution < 1.29 is 9.53 Å². The average Bonchev–Trinajstić information content (AvgIpc) is 2.54. The lowest BCUT2D eigenvalue weighted by atomic mass is 10.3. The van der Waals surface area contributed by atoms with Gasteiger partial charge in [-0.05, 0) is 12.8 Å². The van der Waals surface area contributed by atoms with Gasteiger partial charge in [-0.3, -0.25) is 9.69 Å². The van der Waals surface area contributed by atoms with Gasteiger partial charge in [-0.15, -0.1) is 0 Å². The molecule has 0 bridgehead atoms. The van der Waals surface area contributed by atoms with Gasteiger partial charge in [0.25, 0.3) is 6.47 Å². The molecule has 2 rings (SSSR count). The maximum Gasteiger partial charge on any atom is 0.294 e. The third-order valence-corrected chi connectivity index (χ3v) is 2.09. The quantitative estimate of drug-likeness (QED) is 0.385. The van der Waals surface area contributed by atoms with Crippen LogP contribution in [0.2, 0.25) is 0 Å². The molecule has 9 heavy (non-hydrogen) atoms. The number of rotatable bonds is 2. The van der Waals surface area contributed by atoms with Gasteiger partial charge < -0.3 is 4.74 Å². The first kappa shape index (κ1) is 5.23. The highest BCUT2D eigenvalue weighted by Gasteiger charge is 2.46. The molecule has 3 unspecified atom stereocenters. The van der Waals surface area contributed by atoms with Crippen molar-refractivity contribution in [3.63, 3.8) is 0 Å². The summed E-state index contributed by atoms with van der Waals surface area (Å²) in [6.45, 7) is 1.68. The van der Waals surface area contributed by atoms with Gasteiger partial charge in [-0.25, -0.2) is 0 Å². The first-order valence-electron chi connectivity index (χ1n) is 3.26. The summed E-state index contributed by atoms with van der Waals surface area (Å²) in [6, 6.07) is 0.745. The first-order valence-corrected chi connectivity index (χ1v) is 3.26. The van der Waals surface area contributed by atoms with Gasteiger partial charge in [0, 0.05) is 12.6 Å². The number of nitrogens with zero attached hydrogens (tertiary/aromatic N) is 1. The average molecular weight is 127 g/mol. The van der Waals surface area contributed by atoms with Gasteiger partial charge in [0.15, 0.2) is 6.23 Å². The van der Waals surface area contributed by atoms with Gasteiger partial charge in [-0.2, -0.15) is 0 Å². The molecule has 0 aliphatic carbocycles. The Bertz CT molecular complexity index is 137. The maximum atomic E-state index is 9.88. The molecule has 2 heterocycles. The summed E-state index contributed by atoms with van der Waals surface area (Å²) in [5.74, 6) is 0. The third kappa shape index (κ3) is 0.721. The first-order chi connectivity index (χ1) is 4.42. The van der Waals surface area contributed by atoms with Crippen LogP contribution in [0.25, 0.3) is 0 Å². The molecular formula is C6H9NO2. The molecule has 3 heteroatoms. The Hall–Kier alpha value is -0.570. The predicted molar refractivity (Wildman–Crippen MR) is 30.7 cm³/mol. The van der Waals surface area contributed by atoms with E-state index in [4.69, 9.17) is 4.74 Å². The minimum Gasteiger partial charge on any atom is -0.449 e. The number of piperidine rings is 1. The highest BCUT2D eigenvalue weighted by molar-refractivity contribution is 5.37. The van der Waals surface area contributed by atoms with Crippen LogP contribution in [0.1, 0.15) is 12.8 Å². The van der Waals surface area contributed by atoms with Gasteiger partial charge in [0.05, 0.1) is 0 Å². The van der Waals surface area contributed by atoms with E-state index in [1.54, 1.807) is 0 Å². The zero-order valence-corrected chi connectivity index (χ0v) is 5.12. The molecule has 0 aromatic heterocycles. The van der Waals surface area contributed by atoms with E-state index in [9.17, 15) is 4.79 Å². The molecule has 0 aromatic carbocycles. The topological polar surface area (TPSA) is 29.3 Å². The van der Waals surface area contributed by atoms with E-state index in [-0.39, 0.29) is 6.23 Å². The van der Waals surface area contributed by atoms with Crippen LogP contribution in [0, 0.1) is 0 Å². The third-order valence-electron chi connectivity index (χ3n) is 2.09. The monoisotopic (exact) mass is 127 g/mol. The molecule has 0 radical (unpaired) electrons. The summed E-state index contributed by atoms with van der Waals surface area (Å²) in [5.41, 5.74) is 0. The molecule has 3 nitrogen and oxygen atoms in total. The summed E-state index contributed by atoms with van der Waals surface area (Å²) in [6.07, 6.45) is 2.36. The second-order valence-corrected chi connectivity index (χ2v) is 2.61. The lowest BCUT2D eigenvalue weighted by Gasteiger charge is -2.08. The lowest BCUT2D eigenvalue weighted by molar-refractivity contribution is -0.137. The fourth-order valence-electron chi connectivity index (χ4n) is 1.52. The normalized spacial score (nSPS) is 46.0. The number of carbonyl (C=O) groups is 1. The molecule has 2 saturated heterocycles. The smallest absolute Gasteiger partial charge is 0.294 e. The predicted octanol–water partition coefficient (Wildman–Crippen LogP) is -0.0365. The molecule has 3 atom stereocenters. The number of carbonyl (C=O) groups excluding carboxylic acids is 1. The van der Waals surface area contributed by atoms with E-state index in [0.29, 0.717) is 6.47 Å². The summed E-state index contributed by atoms with van der Waals surface area (Å²) in [7, 11) is 0. The van der Waals surface area contributed by atoms with Crippen molar-refractivity contribution in [2.75, 3.05) is 6.54 Å². The van der Waals surface area contributed by atoms with Crippen molar-refractivity contribution in [3.8, 4) is 0 Å². The van der Waals surface area contributed by atoms with E-state index in [1.807, 2.05) is 0 Å². The van der Waals surface area contributed by atoms with Gasteiger partial charge in [-0.1, -0.05) is 0 Å². The number of hydrogen-bond donors (Lipinski definition) is 0. The molecule has 2 fully saturated rings. The van der Waals surface area contributed by atoms with Crippen molar-refractivity contribution in [1.82, 2.24) is 4.90 Å². The Morgan fingerprint density at radius 1 is 1.56 bits per heavy atom. The van der Waals surface area contributed by atoms with Crippen molar-refractivity contribution in [2.45, 2.75) is 25.1 Å². The molecule has 2 aliphatic rings. The van der Waals surface area contributed by atoms with E-state index in [0.717, 1.165) is 19.0 Å². The van der Waals surface area contributed by atoms with Crippen molar-refractivity contribution in [3.05, 3.63) is 0 Å². The Kier molecular flexibility index (Phi) is 0.990. The molecule has 0 aromatic rings. The van der Waals surface area contributed by atoms with E-state index in [1.165, 1.54) is 6.42 Å². The Balaban J connectivity index is 1.90. The Morgan fingerprint density at radius 3 is 2.89 bits per heavy atom. The standard InChI is InChI=1S/C6H9NO2/c8-4-9-6-2-1-5-3-7(5)6/h4-6H,1-3H2. The fourth-order valence-corrected chi connectivity index (χ4v) is 1.52. The van der Waals surface area contributed by atoms with Gasteiger partial charge in [0.2, 0.25) is 0 Å². The summed E-state index contributed by atoms with van der Waals surface area (Å²) in [5, 5.41) is 0. The fraction of sp³-hybridized carbons (Fsp3) is 0.833. The molecule has 0 spiro atoms. The second-order valence-electron chi connectivity index (χ2n) is 2.61. The molecule has 0 amide bonds. The van der Waals surface area contributed by atoms with Gasteiger partial charge in [0.1, 0.15) is 0 Å². The minimum absolute atomic E-state index is 0.118. The van der Waals surface area contributed by atoms with E-state index < -0.39 is 0 Å². The Morgan fingerprint density at radius 2 is 2.44 bits per heavy atom. The zero-order chi connectivity index (χ0) is 6.27. The minimum atomic E-state index is 0.118. The van der Waals surface area contributed by atoms with Crippen LogP contribution in [-0.4, -0.2) is 30.2 Å². The van der Waals surface area contributed by atoms with Crippen LogP contribution in [0.4, 0.5) is 0 Å². The highest BCUT2D eigenvalue weighted by Crippen LogP contribution is 2.35. The molecule has 0 N–H and O–H groups in total. The molecule has 0 saturated carbocycles. The van der Waals surface area contributed by atoms with Crippen LogP contribution >= 0.6 is 0 Å². The SMILES string of the molecule is O=COC1CCC2CN21. The maximum absolute atomic E-state index is 9.88. The molecule has 2 aliphatic heterocycles. The summed E-state index contributed by atoms with van der Waals surface area (Å²) in [4.78, 5) is 12.1. The van der Waals surface area contributed by atoms with Gasteiger partial charge >= 0.3 is 0 Å². The lowest BCUT2D eigenvalue weighted by Crippen LogP contribution is -2.17. The molecular weight excluding hydrogens is 118 g/mol. The van der Waals surface area contributed by atoms with E-state index in [2.05, 4.69) is 4.90 Å². The second kappa shape index (κ2) is 1.70. The van der Waals surface area contributed by atoms with Crippen LogP contribution in [0.5, 0.6) is 0 Å². The van der Waals surface area contributed by atoms with E-state index >= 15 is 0 Å². The van der Waals surface area contributed by atoms with Crippen LogP contribution < -0.4 is 0 Å². The molecule has 50 valence electrons. The van der Waals surface area contributed by atoms with Crippen LogP contribution in [-0.2, 0) is 9.53 Å². The number of fused-ring (bicyclic) bond motifs is 1. The van der Waals surface area contributed by atoms with Crippen molar-refractivity contribution in [1.29, 1.82) is 0 Å². The summed E-state index contributed by atoms with van der Waals surface area (Å²) < 4.78 is 4.80. The number of hydrogen-bond acceptors (Lipinski definition) is 3. The summed E-state index contributed by atoms with van der Waals surface area (Å²) >= 11 is 0.